The van der Waals surface area contributed by atoms with E-state index in [1.54, 1.807) is 10.8 Å². The third-order valence-corrected chi connectivity index (χ3v) is 2.55. The maximum absolute atomic E-state index is 11.8. The van der Waals surface area contributed by atoms with Crippen molar-refractivity contribution in [1.29, 1.82) is 0 Å². The molecule has 6 heteroatoms. The van der Waals surface area contributed by atoms with Gasteiger partial charge in [0.2, 0.25) is 0 Å². The van der Waals surface area contributed by atoms with Gasteiger partial charge < -0.3 is 19.8 Å². The van der Waals surface area contributed by atoms with Crippen LogP contribution < -0.4 is 5.73 Å². The van der Waals surface area contributed by atoms with E-state index in [4.69, 9.17) is 15.2 Å². The fourth-order valence-corrected chi connectivity index (χ4v) is 1.54. The van der Waals surface area contributed by atoms with Crippen LogP contribution in [-0.4, -0.2) is 29.7 Å². The molecule has 19 heavy (non-hydrogen) atoms. The lowest BCUT2D eigenvalue weighted by atomic mass is 10.4. The number of nitrogens with zero attached hydrogens (tertiary/aromatic N) is 1. The Balaban J connectivity index is 2.44. The average Bonchev–Trinajstić information content (AvgIpc) is 2.77. The summed E-state index contributed by atoms with van der Waals surface area (Å²) in [4.78, 5) is 23.0. The number of nitrogen functional groups attached to an aromatic ring is 1. The predicted octanol–water partition coefficient (Wildman–Crippen LogP) is 1.59. The Bertz CT molecular complexity index is 440. The van der Waals surface area contributed by atoms with E-state index in [0.29, 0.717) is 24.5 Å². The molecule has 0 saturated carbocycles. The van der Waals surface area contributed by atoms with Gasteiger partial charge in [0.15, 0.2) is 6.61 Å². The second-order valence-corrected chi connectivity index (χ2v) is 4.09. The number of aromatic nitrogens is 1. The first kappa shape index (κ1) is 15.1. The van der Waals surface area contributed by atoms with Gasteiger partial charge in [-0.05, 0) is 19.4 Å². The van der Waals surface area contributed by atoms with E-state index in [2.05, 4.69) is 0 Å². The van der Waals surface area contributed by atoms with Crippen LogP contribution in [0.4, 0.5) is 5.69 Å². The van der Waals surface area contributed by atoms with Crippen LogP contribution in [0.1, 0.15) is 37.2 Å². The van der Waals surface area contributed by atoms with Gasteiger partial charge in [-0.2, -0.15) is 0 Å². The number of nitrogens with two attached hydrogens (primary N) is 1. The maximum atomic E-state index is 11.8. The molecular weight excluding hydrogens is 248 g/mol. The number of anilines is 1. The van der Waals surface area contributed by atoms with E-state index in [1.807, 2.05) is 13.8 Å². The summed E-state index contributed by atoms with van der Waals surface area (Å²) in [5, 5.41) is 0. The third-order valence-electron chi connectivity index (χ3n) is 2.55. The quantitative estimate of drug-likeness (QED) is 0.599. The van der Waals surface area contributed by atoms with Crippen LogP contribution in [0, 0.1) is 0 Å². The van der Waals surface area contributed by atoms with Crippen LogP contribution in [0.25, 0.3) is 0 Å². The number of esters is 2. The molecule has 6 nitrogen and oxygen atoms in total. The van der Waals surface area contributed by atoms with Crippen LogP contribution >= 0.6 is 0 Å². The van der Waals surface area contributed by atoms with Crippen LogP contribution in [0.2, 0.25) is 0 Å². The number of hydrogen-bond acceptors (Lipinski definition) is 5. The average molecular weight is 268 g/mol. The smallest absolute Gasteiger partial charge is 0.355 e. The predicted molar refractivity (Wildman–Crippen MR) is 70.7 cm³/mol. The Morgan fingerprint density at radius 1 is 1.32 bits per heavy atom. The molecule has 0 aliphatic rings. The lowest BCUT2D eigenvalue weighted by Crippen LogP contribution is -2.18. The first-order chi connectivity index (χ1) is 9.08. The summed E-state index contributed by atoms with van der Waals surface area (Å²) in [6, 6.07) is 1.52. The molecule has 0 aromatic carbocycles. The molecule has 0 radical (unpaired) electrons. The Hall–Kier alpha value is -1.98. The van der Waals surface area contributed by atoms with E-state index in [1.165, 1.54) is 6.07 Å². The molecule has 0 aliphatic heterocycles. The molecule has 1 heterocycles. The van der Waals surface area contributed by atoms with Gasteiger partial charge in [-0.3, -0.25) is 0 Å². The molecule has 0 bridgehead atoms. The van der Waals surface area contributed by atoms with E-state index in [9.17, 15) is 9.59 Å². The minimum Gasteiger partial charge on any atom is -0.463 e. The van der Waals surface area contributed by atoms with E-state index >= 15 is 0 Å². The van der Waals surface area contributed by atoms with Crippen molar-refractivity contribution in [3.63, 3.8) is 0 Å². The van der Waals surface area contributed by atoms with Crippen molar-refractivity contribution in [1.82, 2.24) is 4.57 Å². The molecule has 0 aliphatic carbocycles. The first-order valence-corrected chi connectivity index (χ1v) is 6.36. The summed E-state index contributed by atoms with van der Waals surface area (Å²) in [6.07, 6.45) is 3.39. The van der Waals surface area contributed by atoms with Crippen molar-refractivity contribution in [3.05, 3.63) is 18.0 Å². The number of rotatable bonds is 7. The number of aryl methyl sites for hydroxylation is 1. The summed E-state index contributed by atoms with van der Waals surface area (Å²) in [5.74, 6) is -1.12. The molecule has 2 N–H and O–H groups in total. The lowest BCUT2D eigenvalue weighted by molar-refractivity contribution is -0.147. The van der Waals surface area contributed by atoms with E-state index in [-0.39, 0.29) is 6.61 Å². The Morgan fingerprint density at radius 2 is 2.05 bits per heavy atom. The fourth-order valence-electron chi connectivity index (χ4n) is 1.54. The van der Waals surface area contributed by atoms with Gasteiger partial charge in [-0.15, -0.1) is 0 Å². The van der Waals surface area contributed by atoms with Gasteiger partial charge in [-0.1, -0.05) is 13.3 Å². The van der Waals surface area contributed by atoms with Gasteiger partial charge in [0, 0.05) is 12.7 Å². The normalized spacial score (nSPS) is 10.2. The van der Waals surface area contributed by atoms with Gasteiger partial charge in [0.05, 0.1) is 12.3 Å². The third kappa shape index (κ3) is 4.65. The zero-order valence-corrected chi connectivity index (χ0v) is 11.3. The van der Waals surface area contributed by atoms with Crippen molar-refractivity contribution in [3.8, 4) is 0 Å². The molecule has 1 aromatic heterocycles. The molecule has 0 fully saturated rings. The minimum absolute atomic E-state index is 0.335. The highest BCUT2D eigenvalue weighted by atomic mass is 16.6. The van der Waals surface area contributed by atoms with Crippen LogP contribution in [0.3, 0.4) is 0 Å². The van der Waals surface area contributed by atoms with Gasteiger partial charge in [-0.25, -0.2) is 9.59 Å². The lowest BCUT2D eigenvalue weighted by Gasteiger charge is -2.07. The fraction of sp³-hybridized carbons (Fsp3) is 0.538. The summed E-state index contributed by atoms with van der Waals surface area (Å²) in [7, 11) is 0. The highest BCUT2D eigenvalue weighted by Crippen LogP contribution is 2.11. The van der Waals surface area contributed by atoms with Crippen LogP contribution in [-0.2, 0) is 20.8 Å². The molecule has 1 aromatic rings. The number of hydrogen-bond donors (Lipinski definition) is 1. The second-order valence-electron chi connectivity index (χ2n) is 4.09. The summed E-state index contributed by atoms with van der Waals surface area (Å²) in [6.45, 7) is 4.46. The Kier molecular flexibility index (Phi) is 5.92. The van der Waals surface area contributed by atoms with Crippen LogP contribution in [0.15, 0.2) is 12.3 Å². The maximum Gasteiger partial charge on any atom is 0.355 e. The SMILES string of the molecule is CCCCOC(=O)COC(=O)c1cc(N)cn1CC. The van der Waals surface area contributed by atoms with E-state index in [0.717, 1.165) is 12.8 Å². The second kappa shape index (κ2) is 7.45. The first-order valence-electron chi connectivity index (χ1n) is 6.36. The largest absolute Gasteiger partial charge is 0.463 e. The highest BCUT2D eigenvalue weighted by Gasteiger charge is 2.15. The molecule has 0 atom stereocenters. The molecule has 0 saturated heterocycles. The molecule has 106 valence electrons. The topological polar surface area (TPSA) is 83.6 Å². The highest BCUT2D eigenvalue weighted by molar-refractivity contribution is 5.90. The molecular formula is C13H20N2O4. The number of unbranched alkanes of at least 4 members (excludes halogenated alkanes) is 1. The standard InChI is InChI=1S/C13H20N2O4/c1-3-5-6-18-12(16)9-19-13(17)11-7-10(14)8-15(11)4-2/h7-8H,3-6,9,14H2,1-2H3. The molecule has 0 spiro atoms. The molecule has 0 amide bonds. The monoisotopic (exact) mass is 268 g/mol. The minimum atomic E-state index is -0.578. The molecule has 0 unspecified atom stereocenters. The number of ether oxygens (including phenoxy) is 2. The summed E-state index contributed by atoms with van der Waals surface area (Å²) in [5.41, 5.74) is 6.43. The van der Waals surface area contributed by atoms with Crippen molar-refractivity contribution < 1.29 is 19.1 Å². The zero-order valence-electron chi connectivity index (χ0n) is 11.3. The van der Waals surface area contributed by atoms with Crippen molar-refractivity contribution >= 4 is 17.6 Å². The number of carbonyl (C=O) groups is 2. The van der Waals surface area contributed by atoms with Gasteiger partial charge in [0.25, 0.3) is 0 Å². The van der Waals surface area contributed by atoms with Crippen LogP contribution in [0.5, 0.6) is 0 Å². The van der Waals surface area contributed by atoms with E-state index < -0.39 is 11.9 Å². The van der Waals surface area contributed by atoms with Crippen molar-refractivity contribution in [2.75, 3.05) is 18.9 Å². The molecule has 1 rings (SSSR count). The summed E-state index contributed by atoms with van der Waals surface area (Å²) >= 11 is 0. The van der Waals surface area contributed by atoms with Crippen molar-refractivity contribution in [2.45, 2.75) is 33.2 Å². The Morgan fingerprint density at radius 3 is 2.68 bits per heavy atom. The van der Waals surface area contributed by atoms with Crippen molar-refractivity contribution in [2.24, 2.45) is 0 Å². The van der Waals surface area contributed by atoms with Gasteiger partial charge in [0.1, 0.15) is 5.69 Å². The number of carbonyl (C=O) groups excluding carboxylic acids is 2. The summed E-state index contributed by atoms with van der Waals surface area (Å²) < 4.78 is 11.4. The Labute approximate surface area is 112 Å². The van der Waals surface area contributed by atoms with Gasteiger partial charge >= 0.3 is 11.9 Å². The zero-order chi connectivity index (χ0) is 14.3.